The minimum absolute atomic E-state index is 0.156. The zero-order valence-electron chi connectivity index (χ0n) is 18.9. The Hall–Kier alpha value is -4.03. The molecule has 1 amide bonds. The molecular formula is C28H23N3O2S. The van der Waals surface area contributed by atoms with E-state index in [0.29, 0.717) is 28.7 Å². The van der Waals surface area contributed by atoms with Gasteiger partial charge < -0.3 is 4.74 Å². The van der Waals surface area contributed by atoms with E-state index in [2.05, 4.69) is 31.0 Å². The molecule has 5 rings (SSSR count). The van der Waals surface area contributed by atoms with Gasteiger partial charge in [0.05, 0.1) is 22.5 Å². The van der Waals surface area contributed by atoms with E-state index >= 15 is 0 Å². The first kappa shape index (κ1) is 21.8. The largest absolute Gasteiger partial charge is 0.457 e. The van der Waals surface area contributed by atoms with Crippen LogP contribution in [0, 0.1) is 13.8 Å². The third-order valence-corrected chi connectivity index (χ3v) is 6.62. The van der Waals surface area contributed by atoms with Crippen LogP contribution in [0.3, 0.4) is 0 Å². The maximum atomic E-state index is 13.8. The SMILES string of the molecule is Cc1cc2nc(N(Cc3ccccn3)C(=O)c3cccc(Oc4ccccc4)c3)sc2cc1C. The lowest BCUT2D eigenvalue weighted by Gasteiger charge is -2.20. The Morgan fingerprint density at radius 3 is 2.44 bits per heavy atom. The number of hydrogen-bond acceptors (Lipinski definition) is 5. The van der Waals surface area contributed by atoms with Crippen LogP contribution in [0.25, 0.3) is 10.2 Å². The number of ether oxygens (including phenoxy) is 1. The van der Waals surface area contributed by atoms with Gasteiger partial charge in [0.25, 0.3) is 5.91 Å². The van der Waals surface area contributed by atoms with Crippen molar-refractivity contribution >= 4 is 32.6 Å². The fourth-order valence-corrected chi connectivity index (χ4v) is 4.68. The molecule has 0 aliphatic carbocycles. The van der Waals surface area contributed by atoms with Crippen molar-refractivity contribution in [1.82, 2.24) is 9.97 Å². The number of anilines is 1. The lowest BCUT2D eigenvalue weighted by molar-refractivity contribution is 0.0984. The number of aryl methyl sites for hydroxylation is 2. The molecule has 0 aliphatic heterocycles. The second kappa shape index (κ2) is 9.45. The second-order valence-electron chi connectivity index (χ2n) is 8.06. The molecule has 0 N–H and O–H groups in total. The Morgan fingerprint density at radius 1 is 0.882 bits per heavy atom. The van der Waals surface area contributed by atoms with Gasteiger partial charge in [-0.25, -0.2) is 4.98 Å². The summed E-state index contributed by atoms with van der Waals surface area (Å²) in [7, 11) is 0. The van der Waals surface area contributed by atoms with Crippen molar-refractivity contribution in [3.05, 3.63) is 114 Å². The van der Waals surface area contributed by atoms with Crippen LogP contribution in [0.15, 0.2) is 91.1 Å². The molecule has 6 heteroatoms. The van der Waals surface area contributed by atoms with Gasteiger partial charge in [-0.05, 0) is 79.6 Å². The molecule has 0 bridgehead atoms. The first-order chi connectivity index (χ1) is 16.6. The van der Waals surface area contributed by atoms with Crippen molar-refractivity contribution < 1.29 is 9.53 Å². The molecule has 0 aliphatic rings. The summed E-state index contributed by atoms with van der Waals surface area (Å²) in [4.78, 5) is 24.7. The van der Waals surface area contributed by atoms with Crippen molar-refractivity contribution in [2.24, 2.45) is 0 Å². The van der Waals surface area contributed by atoms with Crippen LogP contribution in [-0.4, -0.2) is 15.9 Å². The Balaban J connectivity index is 1.51. The van der Waals surface area contributed by atoms with E-state index in [1.165, 1.54) is 22.5 Å². The normalized spacial score (nSPS) is 10.9. The van der Waals surface area contributed by atoms with Crippen molar-refractivity contribution in [1.29, 1.82) is 0 Å². The molecule has 34 heavy (non-hydrogen) atoms. The number of carbonyl (C=O) groups excluding carboxylic acids is 1. The Kier molecular flexibility index (Phi) is 6.06. The number of pyridine rings is 1. The Bertz CT molecular complexity index is 1410. The first-order valence-electron chi connectivity index (χ1n) is 11.0. The number of nitrogens with zero attached hydrogens (tertiary/aromatic N) is 3. The molecule has 0 radical (unpaired) electrons. The number of fused-ring (bicyclic) bond motifs is 1. The molecule has 168 valence electrons. The molecule has 0 saturated carbocycles. The fourth-order valence-electron chi connectivity index (χ4n) is 3.64. The van der Waals surface area contributed by atoms with Gasteiger partial charge in [0.15, 0.2) is 5.13 Å². The van der Waals surface area contributed by atoms with Gasteiger partial charge in [0, 0.05) is 11.8 Å². The molecule has 2 heterocycles. The predicted octanol–water partition coefficient (Wildman–Crippen LogP) is 6.95. The second-order valence-corrected chi connectivity index (χ2v) is 9.07. The molecule has 0 atom stereocenters. The summed E-state index contributed by atoms with van der Waals surface area (Å²) in [5, 5.41) is 0.644. The highest BCUT2D eigenvalue weighted by Crippen LogP contribution is 2.33. The summed E-state index contributed by atoms with van der Waals surface area (Å²) < 4.78 is 7.00. The van der Waals surface area contributed by atoms with Gasteiger partial charge in [0.2, 0.25) is 0 Å². The van der Waals surface area contributed by atoms with Gasteiger partial charge in [0.1, 0.15) is 11.5 Å². The number of para-hydroxylation sites is 1. The summed E-state index contributed by atoms with van der Waals surface area (Å²) in [6.07, 6.45) is 1.73. The molecule has 0 unspecified atom stereocenters. The molecule has 2 aromatic heterocycles. The third kappa shape index (κ3) is 4.67. The van der Waals surface area contributed by atoms with E-state index in [9.17, 15) is 4.79 Å². The monoisotopic (exact) mass is 465 g/mol. The first-order valence-corrected chi connectivity index (χ1v) is 11.8. The molecule has 5 nitrogen and oxygen atoms in total. The van der Waals surface area contributed by atoms with Gasteiger partial charge in [-0.15, -0.1) is 0 Å². The zero-order chi connectivity index (χ0) is 23.5. The number of carbonyl (C=O) groups is 1. The van der Waals surface area contributed by atoms with Crippen LogP contribution >= 0.6 is 11.3 Å². The average Bonchev–Trinajstić information content (AvgIpc) is 3.26. The molecule has 0 fully saturated rings. The quantitative estimate of drug-likeness (QED) is 0.272. The van der Waals surface area contributed by atoms with Crippen LogP contribution in [0.5, 0.6) is 11.5 Å². The maximum Gasteiger partial charge on any atom is 0.260 e. The van der Waals surface area contributed by atoms with Gasteiger partial charge in [-0.1, -0.05) is 41.7 Å². The molecule has 5 aromatic rings. The van der Waals surface area contributed by atoms with E-state index < -0.39 is 0 Å². The predicted molar refractivity (Wildman–Crippen MR) is 137 cm³/mol. The Morgan fingerprint density at radius 2 is 1.65 bits per heavy atom. The summed E-state index contributed by atoms with van der Waals surface area (Å²) in [5.74, 6) is 1.16. The van der Waals surface area contributed by atoms with Gasteiger partial charge in [-0.2, -0.15) is 0 Å². The number of hydrogen-bond donors (Lipinski definition) is 0. The van der Waals surface area contributed by atoms with E-state index in [0.717, 1.165) is 15.9 Å². The highest BCUT2D eigenvalue weighted by molar-refractivity contribution is 7.22. The fraction of sp³-hybridized carbons (Fsp3) is 0.107. The minimum Gasteiger partial charge on any atom is -0.457 e. The zero-order valence-corrected chi connectivity index (χ0v) is 19.8. The summed E-state index contributed by atoms with van der Waals surface area (Å²) >= 11 is 1.51. The van der Waals surface area contributed by atoms with Crippen molar-refractivity contribution in [2.45, 2.75) is 20.4 Å². The molecule has 3 aromatic carbocycles. The lowest BCUT2D eigenvalue weighted by atomic mass is 10.1. The molecular weight excluding hydrogens is 442 g/mol. The van der Waals surface area contributed by atoms with E-state index in [1.807, 2.05) is 60.7 Å². The summed E-state index contributed by atoms with van der Waals surface area (Å²) in [6.45, 7) is 4.48. The molecule has 0 saturated heterocycles. The number of thiazole rings is 1. The Labute approximate surface area is 202 Å². The smallest absolute Gasteiger partial charge is 0.260 e. The van der Waals surface area contributed by atoms with Crippen LogP contribution in [0.1, 0.15) is 27.2 Å². The van der Waals surface area contributed by atoms with E-state index in [4.69, 9.17) is 9.72 Å². The van der Waals surface area contributed by atoms with E-state index in [-0.39, 0.29) is 5.91 Å². The van der Waals surface area contributed by atoms with Crippen LogP contribution < -0.4 is 9.64 Å². The van der Waals surface area contributed by atoms with E-state index in [1.54, 1.807) is 23.2 Å². The minimum atomic E-state index is -0.156. The topological polar surface area (TPSA) is 55.3 Å². The summed E-state index contributed by atoms with van der Waals surface area (Å²) in [6, 6.07) is 26.7. The molecule has 0 spiro atoms. The van der Waals surface area contributed by atoms with Crippen molar-refractivity contribution in [3.63, 3.8) is 0 Å². The summed E-state index contributed by atoms with van der Waals surface area (Å²) in [5.41, 5.74) is 4.59. The standard InChI is InChI=1S/C28H23N3O2S/c1-19-15-25-26(16-20(19)2)34-28(30-25)31(18-22-10-6-7-14-29-22)27(32)21-9-8-13-24(17-21)33-23-11-4-3-5-12-23/h3-17H,18H2,1-2H3. The maximum absolute atomic E-state index is 13.8. The third-order valence-electron chi connectivity index (χ3n) is 5.57. The van der Waals surface area contributed by atoms with Crippen LogP contribution in [0.4, 0.5) is 5.13 Å². The number of benzene rings is 3. The van der Waals surface area contributed by atoms with Crippen molar-refractivity contribution in [2.75, 3.05) is 4.90 Å². The van der Waals surface area contributed by atoms with Crippen LogP contribution in [0.2, 0.25) is 0 Å². The highest BCUT2D eigenvalue weighted by atomic mass is 32.1. The van der Waals surface area contributed by atoms with Crippen LogP contribution in [-0.2, 0) is 6.54 Å². The number of amides is 1. The van der Waals surface area contributed by atoms with Gasteiger partial charge >= 0.3 is 0 Å². The highest BCUT2D eigenvalue weighted by Gasteiger charge is 2.23. The number of aromatic nitrogens is 2. The average molecular weight is 466 g/mol. The lowest BCUT2D eigenvalue weighted by Crippen LogP contribution is -2.30. The van der Waals surface area contributed by atoms with Gasteiger partial charge in [-0.3, -0.25) is 14.7 Å². The van der Waals surface area contributed by atoms with Crippen molar-refractivity contribution in [3.8, 4) is 11.5 Å². The number of rotatable bonds is 6.